The second kappa shape index (κ2) is 15.0. The van der Waals surface area contributed by atoms with E-state index in [1.54, 1.807) is 11.2 Å². The summed E-state index contributed by atoms with van der Waals surface area (Å²) in [5.41, 5.74) is 14.6. The lowest BCUT2D eigenvalue weighted by Crippen LogP contribution is -2.15. The Morgan fingerprint density at radius 3 is 2.35 bits per heavy atom. The van der Waals surface area contributed by atoms with Crippen LogP contribution in [0.15, 0.2) is 66.9 Å². The maximum Gasteiger partial charge on any atom is 0.416 e. The van der Waals surface area contributed by atoms with Gasteiger partial charge < -0.3 is 40.3 Å². The fraction of sp³-hybridized carbons (Fsp3) is 0.286. The summed E-state index contributed by atoms with van der Waals surface area (Å²) in [5, 5.41) is 7.87. The molecular weight excluding hydrogens is 641 g/mol. The van der Waals surface area contributed by atoms with Gasteiger partial charge in [0.05, 0.1) is 67.8 Å². The number of alkyl halides is 3. The summed E-state index contributed by atoms with van der Waals surface area (Å²) in [6.45, 7) is 4.62. The van der Waals surface area contributed by atoms with Crippen molar-refractivity contribution in [1.29, 1.82) is 0 Å². The van der Waals surface area contributed by atoms with Crippen LogP contribution in [0.3, 0.4) is 0 Å². The van der Waals surface area contributed by atoms with Gasteiger partial charge in [0, 0.05) is 35.4 Å². The lowest BCUT2D eigenvalue weighted by molar-refractivity contribution is -0.137. The average Bonchev–Trinajstić information content (AvgIpc) is 3.35. The van der Waals surface area contributed by atoms with Crippen molar-refractivity contribution in [2.45, 2.75) is 13.1 Å². The molecule has 6 N–H and O–H groups in total. The molecule has 2 aliphatic rings. The number of hydrogen-bond acceptors (Lipinski definition) is 9. The zero-order chi connectivity index (χ0) is 34.4. The molecule has 49 heavy (non-hydrogen) atoms. The van der Waals surface area contributed by atoms with Crippen molar-refractivity contribution in [3.63, 3.8) is 0 Å². The van der Waals surface area contributed by atoms with Crippen LogP contribution < -0.4 is 31.5 Å². The first-order valence-electron chi connectivity index (χ1n) is 15.8. The zero-order valence-electron chi connectivity index (χ0n) is 26.8. The highest BCUT2D eigenvalue weighted by atomic mass is 19.4. The van der Waals surface area contributed by atoms with E-state index in [-0.39, 0.29) is 24.9 Å². The molecule has 11 nitrogen and oxygen atoms in total. The number of ether oxygens (including phenoxy) is 4. The smallest absolute Gasteiger partial charge is 0.416 e. The van der Waals surface area contributed by atoms with E-state index in [1.807, 2.05) is 61.5 Å². The number of aryl methyl sites for hydroxylation is 1. The maximum atomic E-state index is 13.7. The van der Waals surface area contributed by atoms with E-state index in [0.29, 0.717) is 67.9 Å². The number of rotatable bonds is 17. The second-order valence-corrected chi connectivity index (χ2v) is 11.3. The van der Waals surface area contributed by atoms with Crippen molar-refractivity contribution in [3.05, 3.63) is 89.2 Å². The number of carbonyl (C=O) groups excluding carboxylic acids is 1. The number of aromatic nitrogens is 1. The molecule has 6 rings (SSSR count). The van der Waals surface area contributed by atoms with Gasteiger partial charge in [0.15, 0.2) is 0 Å². The summed E-state index contributed by atoms with van der Waals surface area (Å²) in [7, 11) is 0. The van der Waals surface area contributed by atoms with Gasteiger partial charge in [-0.2, -0.15) is 13.2 Å². The van der Waals surface area contributed by atoms with Gasteiger partial charge >= 0.3 is 6.18 Å². The number of benzene rings is 3. The number of nitrogens with two attached hydrogens (primary N) is 1. The molecular formula is C35H37F3N6O5. The molecule has 258 valence electrons. The molecule has 1 amide bonds. The number of halogens is 3. The maximum absolute atomic E-state index is 13.7. The van der Waals surface area contributed by atoms with E-state index in [0.717, 1.165) is 40.3 Å². The zero-order valence-corrected chi connectivity index (χ0v) is 26.8. The molecule has 0 bridgehead atoms. The Morgan fingerprint density at radius 2 is 1.63 bits per heavy atom. The quantitative estimate of drug-likeness (QED) is 0.0486. The Kier molecular flexibility index (Phi) is 10.4. The van der Waals surface area contributed by atoms with Crippen LogP contribution in [0.5, 0.6) is 5.75 Å². The number of hydrogen-bond donors (Lipinski definition) is 5. The van der Waals surface area contributed by atoms with E-state index in [9.17, 15) is 18.0 Å². The van der Waals surface area contributed by atoms with Crippen LogP contribution in [0.25, 0.3) is 11.6 Å². The molecule has 0 unspecified atom stereocenters. The number of H-pyrrole nitrogens is 1. The van der Waals surface area contributed by atoms with E-state index < -0.39 is 11.7 Å². The third-order valence-corrected chi connectivity index (χ3v) is 7.77. The number of anilines is 6. The van der Waals surface area contributed by atoms with Crippen molar-refractivity contribution in [1.82, 2.24) is 4.98 Å². The Labute approximate surface area is 281 Å². The molecule has 2 aliphatic heterocycles. The average molecular weight is 679 g/mol. The minimum atomic E-state index is -4.54. The lowest BCUT2D eigenvalue weighted by Gasteiger charge is -2.15. The summed E-state index contributed by atoms with van der Waals surface area (Å²) in [6.07, 6.45) is -0.940. The summed E-state index contributed by atoms with van der Waals surface area (Å²) < 4.78 is 63.0. The number of carbonyl (C=O) groups is 1. The number of nitrogens with one attached hydrogen (secondary N) is 4. The summed E-state index contributed by atoms with van der Waals surface area (Å²) in [4.78, 5) is 15.8. The Hall–Kier alpha value is -5.02. The van der Waals surface area contributed by atoms with Gasteiger partial charge in [0.1, 0.15) is 18.0 Å². The van der Waals surface area contributed by atoms with Gasteiger partial charge in [-0.25, -0.2) is 5.01 Å². The first kappa shape index (κ1) is 33.9. The molecule has 3 heterocycles. The SMILES string of the molecule is Cc1ccc(NN2c3cc(C(F)(F)F)cc(OCCOCCOCCOCCN)c32)cc1Nc1ccc2c(c1)NC(=O)/C2=C\c1ccc[nH]1. The van der Waals surface area contributed by atoms with E-state index in [4.69, 9.17) is 24.7 Å². The third-order valence-electron chi connectivity index (χ3n) is 7.77. The van der Waals surface area contributed by atoms with Crippen LogP contribution >= 0.6 is 0 Å². The second-order valence-electron chi connectivity index (χ2n) is 11.3. The highest BCUT2D eigenvalue weighted by molar-refractivity contribution is 6.35. The number of nitrogens with zero attached hydrogens (tertiary/aromatic N) is 1. The Bertz CT molecular complexity index is 1810. The van der Waals surface area contributed by atoms with Crippen molar-refractivity contribution in [2.24, 2.45) is 5.73 Å². The van der Waals surface area contributed by atoms with Gasteiger partial charge in [0.25, 0.3) is 5.91 Å². The van der Waals surface area contributed by atoms with Crippen LogP contribution in [0.4, 0.5) is 47.3 Å². The fourth-order valence-electron chi connectivity index (χ4n) is 5.29. The fourth-order valence-corrected chi connectivity index (χ4v) is 5.29. The molecule has 3 aromatic carbocycles. The minimum absolute atomic E-state index is 0.0598. The predicted molar refractivity (Wildman–Crippen MR) is 182 cm³/mol. The first-order chi connectivity index (χ1) is 23.7. The lowest BCUT2D eigenvalue weighted by atomic mass is 10.1. The molecule has 0 aliphatic carbocycles. The van der Waals surface area contributed by atoms with E-state index in [2.05, 4.69) is 21.0 Å². The number of hydrazine groups is 1. The number of amides is 1. The van der Waals surface area contributed by atoms with Crippen LogP contribution in [-0.4, -0.2) is 63.7 Å². The van der Waals surface area contributed by atoms with E-state index >= 15 is 0 Å². The number of fused-ring (bicyclic) bond motifs is 2. The van der Waals surface area contributed by atoms with Crippen molar-refractivity contribution >= 4 is 51.7 Å². The summed E-state index contributed by atoms with van der Waals surface area (Å²) in [5.74, 6) is -0.0814. The van der Waals surface area contributed by atoms with Crippen molar-refractivity contribution in [3.8, 4) is 5.75 Å². The molecule has 4 aromatic rings. The van der Waals surface area contributed by atoms with Crippen molar-refractivity contribution < 1.29 is 36.9 Å². The molecule has 0 radical (unpaired) electrons. The topological polar surface area (TPSA) is 135 Å². The minimum Gasteiger partial charge on any atom is -0.489 e. The molecule has 0 saturated carbocycles. The van der Waals surface area contributed by atoms with Crippen LogP contribution in [0.1, 0.15) is 22.4 Å². The predicted octanol–water partition coefficient (Wildman–Crippen LogP) is 6.44. The summed E-state index contributed by atoms with van der Waals surface area (Å²) in [6, 6.07) is 17.1. The van der Waals surface area contributed by atoms with Gasteiger partial charge in [-0.3, -0.25) is 10.2 Å². The standard InChI is InChI=1S/C35H37F3N6O5/c1-22-4-5-26(21-29(22)41-25-6-7-27-28(19-24-3-2-9-40-24)34(45)42-30(27)20-25)43-44-31-17-23(35(36,37)38)18-32(33(31)44)49-16-15-48-14-13-47-12-11-46-10-8-39/h2-7,9,17-21,40-41,43H,8,10-16,39H2,1H3,(H,42,45)/b28-19-. The largest absolute Gasteiger partial charge is 0.489 e. The van der Waals surface area contributed by atoms with Gasteiger partial charge in [-0.05, 0) is 67.1 Å². The van der Waals surface area contributed by atoms with Gasteiger partial charge in [0.2, 0.25) is 0 Å². The third kappa shape index (κ3) is 8.35. The van der Waals surface area contributed by atoms with Crippen molar-refractivity contribution in [2.75, 3.05) is 73.9 Å². The molecule has 0 atom stereocenters. The highest BCUT2D eigenvalue weighted by Gasteiger charge is 2.41. The van der Waals surface area contributed by atoms with Crippen LogP contribution in [-0.2, 0) is 25.2 Å². The van der Waals surface area contributed by atoms with Gasteiger partial charge in [-0.15, -0.1) is 0 Å². The molecule has 14 heteroatoms. The Morgan fingerprint density at radius 1 is 0.898 bits per heavy atom. The molecule has 0 spiro atoms. The van der Waals surface area contributed by atoms with Crippen LogP contribution in [0, 0.1) is 6.92 Å². The molecule has 1 aromatic heterocycles. The molecule has 0 fully saturated rings. The number of aromatic amines is 1. The van der Waals surface area contributed by atoms with E-state index in [1.165, 1.54) is 0 Å². The monoisotopic (exact) mass is 678 g/mol. The highest BCUT2D eigenvalue weighted by Crippen LogP contribution is 2.56. The normalized spacial score (nSPS) is 14.1. The summed E-state index contributed by atoms with van der Waals surface area (Å²) >= 11 is 0. The first-order valence-corrected chi connectivity index (χ1v) is 15.8. The Balaban J connectivity index is 1.07. The van der Waals surface area contributed by atoms with Crippen LogP contribution in [0.2, 0.25) is 0 Å². The molecule has 0 saturated heterocycles. The van der Waals surface area contributed by atoms with Gasteiger partial charge in [-0.1, -0.05) is 12.1 Å².